The average Bonchev–Trinajstić information content (AvgIpc) is 3.08. The maximum Gasteiger partial charge on any atom is 0.178 e. The lowest BCUT2D eigenvalue weighted by Gasteiger charge is -2.09. The zero-order valence-electron chi connectivity index (χ0n) is 10.7. The molecule has 0 fully saturated rings. The average molecular weight is 350 g/mol. The van der Waals surface area contributed by atoms with Crippen molar-refractivity contribution in [3.63, 3.8) is 0 Å². The van der Waals surface area contributed by atoms with Crippen LogP contribution in [-0.4, -0.2) is 19.7 Å². The second-order valence-electron chi connectivity index (χ2n) is 4.19. The highest BCUT2D eigenvalue weighted by atomic mass is 79.9. The quantitative estimate of drug-likeness (QED) is 0.784. The maximum absolute atomic E-state index is 4.35. The van der Waals surface area contributed by atoms with E-state index in [1.54, 1.807) is 28.5 Å². The first-order valence-corrected chi connectivity index (χ1v) is 7.63. The van der Waals surface area contributed by atoms with Crippen molar-refractivity contribution in [1.82, 2.24) is 19.7 Å². The van der Waals surface area contributed by atoms with Crippen LogP contribution in [0.25, 0.3) is 5.82 Å². The van der Waals surface area contributed by atoms with Crippen molar-refractivity contribution in [3.05, 3.63) is 51.3 Å². The molecule has 3 rings (SSSR count). The molecule has 0 radical (unpaired) electrons. The minimum absolute atomic E-state index is 0.748. The van der Waals surface area contributed by atoms with Gasteiger partial charge in [-0.15, -0.1) is 11.3 Å². The molecular weight excluding hydrogens is 338 g/mol. The van der Waals surface area contributed by atoms with Crippen LogP contribution in [0.2, 0.25) is 0 Å². The summed E-state index contributed by atoms with van der Waals surface area (Å²) < 4.78 is 2.81. The highest BCUT2D eigenvalue weighted by molar-refractivity contribution is 9.10. The van der Waals surface area contributed by atoms with Gasteiger partial charge >= 0.3 is 0 Å². The fourth-order valence-corrected chi connectivity index (χ4v) is 3.36. The van der Waals surface area contributed by atoms with Crippen molar-refractivity contribution in [1.29, 1.82) is 0 Å². The minimum Gasteiger partial charge on any atom is -0.377 e. The molecule has 0 aliphatic carbocycles. The van der Waals surface area contributed by atoms with E-state index in [4.69, 9.17) is 0 Å². The van der Waals surface area contributed by atoms with E-state index in [9.17, 15) is 0 Å². The third-order valence-electron chi connectivity index (χ3n) is 2.78. The van der Waals surface area contributed by atoms with Gasteiger partial charge in [-0.2, -0.15) is 5.10 Å². The monoisotopic (exact) mass is 349 g/mol. The summed E-state index contributed by atoms with van der Waals surface area (Å²) >= 11 is 5.31. The molecule has 1 N–H and O–H groups in total. The van der Waals surface area contributed by atoms with Gasteiger partial charge in [-0.3, -0.25) is 0 Å². The van der Waals surface area contributed by atoms with Crippen LogP contribution < -0.4 is 5.32 Å². The number of aryl methyl sites for hydroxylation is 1. The van der Waals surface area contributed by atoms with Gasteiger partial charge in [0.2, 0.25) is 0 Å². The van der Waals surface area contributed by atoms with Crippen molar-refractivity contribution in [2.75, 3.05) is 5.32 Å². The smallest absolute Gasteiger partial charge is 0.178 e. The molecule has 20 heavy (non-hydrogen) atoms. The molecule has 3 aromatic rings. The van der Waals surface area contributed by atoms with E-state index in [1.807, 2.05) is 12.1 Å². The third-order valence-corrected chi connectivity index (χ3v) is 4.92. The van der Waals surface area contributed by atoms with Crippen LogP contribution in [-0.2, 0) is 6.54 Å². The van der Waals surface area contributed by atoms with Crippen LogP contribution >= 0.6 is 27.3 Å². The Morgan fingerprint density at radius 3 is 3.05 bits per heavy atom. The molecule has 0 spiro atoms. The van der Waals surface area contributed by atoms with E-state index in [-0.39, 0.29) is 0 Å². The molecule has 0 amide bonds. The number of thiophene rings is 1. The van der Waals surface area contributed by atoms with Crippen LogP contribution in [0.15, 0.2) is 41.5 Å². The molecule has 3 heterocycles. The normalized spacial score (nSPS) is 10.7. The van der Waals surface area contributed by atoms with E-state index in [0.29, 0.717) is 0 Å². The molecular formula is C13H12BrN5S. The van der Waals surface area contributed by atoms with E-state index in [2.05, 4.69) is 49.3 Å². The molecule has 0 unspecified atom stereocenters. The molecule has 0 bridgehead atoms. The third kappa shape index (κ3) is 2.73. The molecule has 102 valence electrons. The number of hydrogen-bond acceptors (Lipinski definition) is 5. The van der Waals surface area contributed by atoms with Gasteiger partial charge in [0.1, 0.15) is 12.7 Å². The van der Waals surface area contributed by atoms with Crippen molar-refractivity contribution in [2.45, 2.75) is 13.5 Å². The van der Waals surface area contributed by atoms with Gasteiger partial charge in [-0.1, -0.05) is 0 Å². The van der Waals surface area contributed by atoms with Crippen LogP contribution in [0, 0.1) is 6.92 Å². The number of pyridine rings is 1. The van der Waals surface area contributed by atoms with Gasteiger partial charge in [0.05, 0.1) is 5.69 Å². The fraction of sp³-hybridized carbons (Fsp3) is 0.154. The summed E-state index contributed by atoms with van der Waals surface area (Å²) in [7, 11) is 0. The molecule has 0 aliphatic heterocycles. The van der Waals surface area contributed by atoms with Gasteiger partial charge in [-0.25, -0.2) is 14.6 Å². The summed E-state index contributed by atoms with van der Waals surface area (Å²) in [4.78, 5) is 10.8. The molecule has 0 aromatic carbocycles. The minimum atomic E-state index is 0.748. The molecule has 3 aromatic heterocycles. The predicted octanol–water partition coefficient (Wildman–Crippen LogP) is 3.41. The first-order valence-electron chi connectivity index (χ1n) is 6.03. The number of anilines is 1. The van der Waals surface area contributed by atoms with Gasteiger partial charge in [0.15, 0.2) is 5.82 Å². The molecule has 0 atom stereocenters. The Hall–Kier alpha value is -1.73. The summed E-state index contributed by atoms with van der Waals surface area (Å²) in [5.74, 6) is 0.748. The number of aromatic nitrogens is 4. The number of hydrogen-bond donors (Lipinski definition) is 1. The Balaban J connectivity index is 1.81. The van der Waals surface area contributed by atoms with Crippen molar-refractivity contribution in [3.8, 4) is 5.82 Å². The summed E-state index contributed by atoms with van der Waals surface area (Å²) in [6, 6.07) is 6.02. The lowest BCUT2D eigenvalue weighted by Crippen LogP contribution is -2.05. The van der Waals surface area contributed by atoms with Gasteiger partial charge in [-0.05, 0) is 41.1 Å². The largest absolute Gasteiger partial charge is 0.377 e. The Bertz CT molecular complexity index is 688. The Morgan fingerprint density at radius 1 is 1.45 bits per heavy atom. The molecule has 0 saturated heterocycles. The van der Waals surface area contributed by atoms with E-state index in [1.165, 1.54) is 16.1 Å². The number of nitrogens with one attached hydrogen (secondary N) is 1. The predicted molar refractivity (Wildman–Crippen MR) is 83.2 cm³/mol. The summed E-state index contributed by atoms with van der Waals surface area (Å²) in [5.41, 5.74) is 0.931. The Morgan fingerprint density at radius 2 is 2.35 bits per heavy atom. The maximum atomic E-state index is 4.35. The standard InChI is InChI=1S/C13H12BrN5S/c1-9-11(14)5-10(20-9)6-17-12-3-2-4-16-13(12)19-8-15-7-18-19/h2-5,7-8,17H,6H2,1H3. The zero-order valence-corrected chi connectivity index (χ0v) is 13.1. The lowest BCUT2D eigenvalue weighted by molar-refractivity contribution is 0.845. The lowest BCUT2D eigenvalue weighted by atomic mass is 10.3. The van der Waals surface area contributed by atoms with E-state index < -0.39 is 0 Å². The fourth-order valence-electron chi connectivity index (χ4n) is 1.82. The molecule has 7 heteroatoms. The summed E-state index contributed by atoms with van der Waals surface area (Å²) in [6.45, 7) is 2.85. The van der Waals surface area contributed by atoms with Gasteiger partial charge in [0, 0.05) is 27.0 Å². The topological polar surface area (TPSA) is 55.6 Å². The Kier molecular flexibility index (Phi) is 3.79. The van der Waals surface area contributed by atoms with Gasteiger partial charge < -0.3 is 5.32 Å². The zero-order chi connectivity index (χ0) is 13.9. The highest BCUT2D eigenvalue weighted by Gasteiger charge is 2.07. The molecule has 5 nitrogen and oxygen atoms in total. The summed E-state index contributed by atoms with van der Waals surface area (Å²) in [6.07, 6.45) is 4.88. The van der Waals surface area contributed by atoms with Crippen LogP contribution in [0.5, 0.6) is 0 Å². The summed E-state index contributed by atoms with van der Waals surface area (Å²) in [5, 5.41) is 7.52. The second kappa shape index (κ2) is 5.72. The first kappa shape index (κ1) is 13.3. The van der Waals surface area contributed by atoms with Crippen molar-refractivity contribution < 1.29 is 0 Å². The molecule has 0 saturated carbocycles. The van der Waals surface area contributed by atoms with Crippen molar-refractivity contribution in [2.24, 2.45) is 0 Å². The van der Waals surface area contributed by atoms with Crippen molar-refractivity contribution >= 4 is 33.0 Å². The number of rotatable bonds is 4. The SMILES string of the molecule is Cc1sc(CNc2cccnc2-n2cncn2)cc1Br. The number of nitrogens with zero attached hydrogens (tertiary/aromatic N) is 4. The van der Waals surface area contributed by atoms with Crippen LogP contribution in [0.3, 0.4) is 0 Å². The molecule has 0 aliphatic rings. The van der Waals surface area contributed by atoms with Crippen LogP contribution in [0.4, 0.5) is 5.69 Å². The van der Waals surface area contributed by atoms with Gasteiger partial charge in [0.25, 0.3) is 0 Å². The second-order valence-corrected chi connectivity index (χ2v) is 6.38. The highest BCUT2D eigenvalue weighted by Crippen LogP contribution is 2.27. The number of halogens is 1. The Labute approximate surface area is 128 Å². The van der Waals surface area contributed by atoms with Crippen LogP contribution in [0.1, 0.15) is 9.75 Å². The first-order chi connectivity index (χ1) is 9.74. The van der Waals surface area contributed by atoms with E-state index >= 15 is 0 Å². The van der Waals surface area contributed by atoms with E-state index in [0.717, 1.165) is 22.5 Å².